The molecule has 0 amide bonds. The number of nitrogens with zero attached hydrogens (tertiary/aromatic N) is 2. The van der Waals surface area contributed by atoms with Gasteiger partial charge in [0.15, 0.2) is 0 Å². The molecule has 2 aromatic rings. The van der Waals surface area contributed by atoms with Crippen molar-refractivity contribution in [3.8, 4) is 0 Å². The van der Waals surface area contributed by atoms with Crippen molar-refractivity contribution in [2.24, 2.45) is 7.05 Å². The Morgan fingerprint density at radius 2 is 2.33 bits per heavy atom. The summed E-state index contributed by atoms with van der Waals surface area (Å²) in [5.74, 6) is 0. The van der Waals surface area contributed by atoms with Crippen LogP contribution >= 0.6 is 38.9 Å². The molecule has 98 valence electrons. The first-order valence-electron chi connectivity index (χ1n) is 4.79. The van der Waals surface area contributed by atoms with Crippen molar-refractivity contribution in [2.45, 2.75) is 11.6 Å². The summed E-state index contributed by atoms with van der Waals surface area (Å²) < 4.78 is 28.8. The Bertz CT molecular complexity index is 665. The highest BCUT2D eigenvalue weighted by molar-refractivity contribution is 9.10. The monoisotopic (exact) mass is 369 g/mol. The molecule has 0 aliphatic heterocycles. The van der Waals surface area contributed by atoms with E-state index in [0.717, 1.165) is 9.35 Å². The van der Waals surface area contributed by atoms with Gasteiger partial charge in [0.05, 0.1) is 6.33 Å². The van der Waals surface area contributed by atoms with Crippen molar-refractivity contribution in [1.82, 2.24) is 14.3 Å². The molecule has 9 heteroatoms. The van der Waals surface area contributed by atoms with Gasteiger partial charge in [-0.25, -0.2) is 18.1 Å². The summed E-state index contributed by atoms with van der Waals surface area (Å²) in [6, 6.07) is 1.85. The fraction of sp³-hybridized carbons (Fsp3) is 0.222. The summed E-state index contributed by atoms with van der Waals surface area (Å²) in [6.45, 7) is 0.214. The molecular weight excluding hydrogens is 362 g/mol. The third-order valence-corrected chi connectivity index (χ3v) is 5.73. The van der Waals surface area contributed by atoms with Crippen LogP contribution in [0.1, 0.15) is 4.88 Å². The summed E-state index contributed by atoms with van der Waals surface area (Å²) in [7, 11) is -2.05. The van der Waals surface area contributed by atoms with Crippen molar-refractivity contribution >= 4 is 48.9 Å². The Morgan fingerprint density at radius 1 is 1.61 bits per heavy atom. The Balaban J connectivity index is 2.15. The van der Waals surface area contributed by atoms with Crippen molar-refractivity contribution < 1.29 is 8.42 Å². The van der Waals surface area contributed by atoms with E-state index in [1.165, 1.54) is 22.2 Å². The van der Waals surface area contributed by atoms with E-state index in [4.69, 9.17) is 11.6 Å². The van der Waals surface area contributed by atoms with Crippen molar-refractivity contribution in [3.63, 3.8) is 0 Å². The Morgan fingerprint density at radius 3 is 2.83 bits per heavy atom. The highest BCUT2D eigenvalue weighted by Crippen LogP contribution is 2.21. The molecule has 0 radical (unpaired) electrons. The maximum Gasteiger partial charge on any atom is 0.261 e. The zero-order valence-electron chi connectivity index (χ0n) is 9.22. The number of rotatable bonds is 4. The number of halogens is 2. The average Bonchev–Trinajstić information content (AvgIpc) is 2.85. The molecule has 0 spiro atoms. The topological polar surface area (TPSA) is 64.0 Å². The molecule has 0 aromatic carbocycles. The van der Waals surface area contributed by atoms with Gasteiger partial charge in [0.25, 0.3) is 10.0 Å². The van der Waals surface area contributed by atoms with E-state index in [9.17, 15) is 8.42 Å². The average molecular weight is 371 g/mol. The molecule has 0 unspecified atom stereocenters. The maximum absolute atomic E-state index is 12.0. The van der Waals surface area contributed by atoms with Gasteiger partial charge >= 0.3 is 0 Å². The molecule has 0 bridgehead atoms. The van der Waals surface area contributed by atoms with Crippen LogP contribution in [0.25, 0.3) is 0 Å². The highest BCUT2D eigenvalue weighted by Gasteiger charge is 2.22. The lowest BCUT2D eigenvalue weighted by Crippen LogP contribution is -2.23. The molecule has 0 aliphatic rings. The van der Waals surface area contributed by atoms with E-state index in [1.807, 2.05) is 11.4 Å². The summed E-state index contributed by atoms with van der Waals surface area (Å²) in [4.78, 5) is 4.68. The summed E-state index contributed by atoms with van der Waals surface area (Å²) in [6.07, 6.45) is 1.36. The van der Waals surface area contributed by atoms with Gasteiger partial charge < -0.3 is 4.57 Å². The number of nitrogens with one attached hydrogen (secondary N) is 1. The van der Waals surface area contributed by atoms with Crippen LogP contribution in [0.15, 0.2) is 27.3 Å². The van der Waals surface area contributed by atoms with Gasteiger partial charge in [0.2, 0.25) is 5.03 Å². The molecule has 1 N–H and O–H groups in total. The van der Waals surface area contributed by atoms with Gasteiger partial charge in [-0.05, 0) is 22.0 Å². The quantitative estimate of drug-likeness (QED) is 0.898. The molecule has 5 nitrogen and oxygen atoms in total. The van der Waals surface area contributed by atoms with Gasteiger partial charge in [-0.1, -0.05) is 11.6 Å². The SMILES string of the molecule is Cn1cnc(S(=O)(=O)NCc2cc(Br)cs2)c1Cl. The number of thiophene rings is 1. The van der Waals surface area contributed by atoms with Crippen LogP contribution < -0.4 is 4.72 Å². The number of aromatic nitrogens is 2. The number of aryl methyl sites for hydroxylation is 1. The van der Waals surface area contributed by atoms with E-state index >= 15 is 0 Å². The third kappa shape index (κ3) is 2.94. The predicted molar refractivity (Wildman–Crippen MR) is 74.3 cm³/mol. The second-order valence-corrected chi connectivity index (χ2v) is 7.46. The zero-order chi connectivity index (χ0) is 13.3. The fourth-order valence-electron chi connectivity index (χ4n) is 1.26. The minimum Gasteiger partial charge on any atom is -0.324 e. The molecule has 2 aromatic heterocycles. The van der Waals surface area contributed by atoms with Crippen LogP contribution in [0, 0.1) is 0 Å². The summed E-state index contributed by atoms with van der Waals surface area (Å²) in [5.41, 5.74) is 0. The van der Waals surface area contributed by atoms with Crippen LogP contribution in [0.3, 0.4) is 0 Å². The molecule has 0 atom stereocenters. The minimum absolute atomic E-state index is 0.0925. The van der Waals surface area contributed by atoms with Gasteiger partial charge in [0, 0.05) is 28.3 Å². The summed E-state index contributed by atoms with van der Waals surface area (Å²) in [5, 5.41) is 1.83. The van der Waals surface area contributed by atoms with E-state index < -0.39 is 10.0 Å². The smallest absolute Gasteiger partial charge is 0.261 e. The second-order valence-electron chi connectivity index (χ2n) is 3.51. The standard InChI is InChI=1S/C9H9BrClN3O2S2/c1-14-5-12-9(8(14)11)18(15,16)13-3-7-2-6(10)4-17-7/h2,4-5,13H,3H2,1H3. The van der Waals surface area contributed by atoms with Crippen LogP contribution in [0.2, 0.25) is 5.15 Å². The molecule has 2 rings (SSSR count). The number of hydrogen-bond acceptors (Lipinski definition) is 4. The number of imidazole rings is 1. The van der Waals surface area contributed by atoms with E-state index in [1.54, 1.807) is 7.05 Å². The van der Waals surface area contributed by atoms with Crippen LogP contribution in [-0.2, 0) is 23.6 Å². The molecule has 0 saturated heterocycles. The molecule has 0 saturated carbocycles. The van der Waals surface area contributed by atoms with Crippen LogP contribution in [-0.4, -0.2) is 18.0 Å². The zero-order valence-corrected chi connectivity index (χ0v) is 13.2. The van der Waals surface area contributed by atoms with Gasteiger partial charge in [0.1, 0.15) is 5.15 Å². The van der Waals surface area contributed by atoms with E-state index in [2.05, 4.69) is 25.6 Å². The van der Waals surface area contributed by atoms with Crippen molar-refractivity contribution in [1.29, 1.82) is 0 Å². The lowest BCUT2D eigenvalue weighted by molar-refractivity contribution is 0.578. The summed E-state index contributed by atoms with van der Waals surface area (Å²) >= 11 is 10.6. The number of hydrogen-bond donors (Lipinski definition) is 1. The van der Waals surface area contributed by atoms with Crippen molar-refractivity contribution in [2.75, 3.05) is 0 Å². The molecule has 2 heterocycles. The molecule has 0 fully saturated rings. The first-order valence-corrected chi connectivity index (χ1v) is 8.33. The molecule has 18 heavy (non-hydrogen) atoms. The van der Waals surface area contributed by atoms with Crippen LogP contribution in [0.5, 0.6) is 0 Å². The first kappa shape index (κ1) is 14.0. The van der Waals surface area contributed by atoms with Crippen molar-refractivity contribution in [3.05, 3.63) is 32.3 Å². The fourth-order valence-corrected chi connectivity index (χ4v) is 4.17. The lowest BCUT2D eigenvalue weighted by Gasteiger charge is -2.03. The maximum atomic E-state index is 12.0. The Labute approximate surface area is 122 Å². The molecular formula is C9H9BrClN3O2S2. The van der Waals surface area contributed by atoms with E-state index in [0.29, 0.717) is 0 Å². The van der Waals surface area contributed by atoms with Gasteiger partial charge in [-0.2, -0.15) is 0 Å². The number of sulfonamides is 1. The minimum atomic E-state index is -3.68. The Kier molecular flexibility index (Phi) is 4.12. The first-order chi connectivity index (χ1) is 8.40. The Hall–Kier alpha value is -0.410. The predicted octanol–water partition coefficient (Wildman–Crippen LogP) is 2.38. The van der Waals surface area contributed by atoms with Gasteiger partial charge in [-0.3, -0.25) is 0 Å². The highest BCUT2D eigenvalue weighted by atomic mass is 79.9. The molecule has 0 aliphatic carbocycles. The largest absolute Gasteiger partial charge is 0.324 e. The normalized spacial score (nSPS) is 11.9. The second kappa shape index (κ2) is 5.30. The van der Waals surface area contributed by atoms with Crippen LogP contribution in [0.4, 0.5) is 0 Å². The van der Waals surface area contributed by atoms with Gasteiger partial charge in [-0.15, -0.1) is 11.3 Å². The third-order valence-electron chi connectivity index (χ3n) is 2.15. The lowest BCUT2D eigenvalue weighted by atomic mass is 10.5. The van der Waals surface area contributed by atoms with E-state index in [-0.39, 0.29) is 16.7 Å².